The Morgan fingerprint density at radius 2 is 1.76 bits per heavy atom. The number of nitrogens with two attached hydrogens (primary N) is 1. The van der Waals surface area contributed by atoms with Gasteiger partial charge in [0.1, 0.15) is 17.6 Å². The fourth-order valence-corrected chi connectivity index (χ4v) is 3.85. The van der Waals surface area contributed by atoms with Crippen molar-refractivity contribution in [3.8, 4) is 11.5 Å². The van der Waals surface area contributed by atoms with Crippen molar-refractivity contribution < 1.29 is 9.47 Å². The lowest BCUT2D eigenvalue weighted by molar-refractivity contribution is -0.0898. The minimum atomic E-state index is 0.246. The lowest BCUT2D eigenvalue weighted by Crippen LogP contribution is -2.64. The molecule has 0 aliphatic heterocycles. The van der Waals surface area contributed by atoms with E-state index in [9.17, 15) is 0 Å². The highest BCUT2D eigenvalue weighted by Gasteiger charge is 2.54. The Balaban J connectivity index is 1.61. The molecule has 2 N–H and O–H groups in total. The van der Waals surface area contributed by atoms with Crippen molar-refractivity contribution in [3.05, 3.63) is 24.3 Å². The summed E-state index contributed by atoms with van der Waals surface area (Å²) in [6.45, 7) is 2.88. The number of hydrogen-bond donors (Lipinski definition) is 1. The predicted octanol–water partition coefficient (Wildman–Crippen LogP) is 3.90. The highest BCUT2D eigenvalue weighted by atomic mass is 16.5. The summed E-state index contributed by atoms with van der Waals surface area (Å²) in [5, 5.41) is 0. The molecule has 2 fully saturated rings. The standard InChI is InChI=1S/C18H27NO2/c1-2-12-20-14-6-8-15(9-7-14)21-17-13-16(19)18(17)10-4-3-5-11-18/h6-9,16-17H,2-5,10-13,19H2,1H3. The molecular formula is C18H27NO2. The van der Waals surface area contributed by atoms with E-state index in [1.807, 2.05) is 24.3 Å². The van der Waals surface area contributed by atoms with Gasteiger partial charge in [-0.1, -0.05) is 26.2 Å². The zero-order chi connectivity index (χ0) is 14.7. The molecule has 0 heterocycles. The summed E-state index contributed by atoms with van der Waals surface area (Å²) in [7, 11) is 0. The van der Waals surface area contributed by atoms with Crippen LogP contribution in [0.4, 0.5) is 0 Å². The molecule has 2 unspecified atom stereocenters. The summed E-state index contributed by atoms with van der Waals surface area (Å²) in [4.78, 5) is 0. The number of benzene rings is 1. The topological polar surface area (TPSA) is 44.5 Å². The van der Waals surface area contributed by atoms with Gasteiger partial charge in [-0.3, -0.25) is 0 Å². The van der Waals surface area contributed by atoms with Gasteiger partial charge in [0.25, 0.3) is 0 Å². The summed E-state index contributed by atoms with van der Waals surface area (Å²) in [5.74, 6) is 1.86. The normalized spacial score (nSPS) is 27.1. The lowest BCUT2D eigenvalue weighted by atomic mass is 9.55. The molecule has 3 rings (SSSR count). The molecule has 116 valence electrons. The minimum absolute atomic E-state index is 0.246. The van der Waals surface area contributed by atoms with E-state index in [0.717, 1.165) is 30.9 Å². The van der Waals surface area contributed by atoms with Gasteiger partial charge in [0.05, 0.1) is 6.61 Å². The number of hydrogen-bond acceptors (Lipinski definition) is 3. The van der Waals surface area contributed by atoms with E-state index in [2.05, 4.69) is 6.92 Å². The summed E-state index contributed by atoms with van der Waals surface area (Å²) in [6.07, 6.45) is 8.75. The lowest BCUT2D eigenvalue weighted by Gasteiger charge is -2.56. The molecule has 2 atom stereocenters. The predicted molar refractivity (Wildman–Crippen MR) is 84.8 cm³/mol. The third-order valence-corrected chi connectivity index (χ3v) is 5.21. The second-order valence-corrected chi connectivity index (χ2v) is 6.56. The maximum absolute atomic E-state index is 6.31. The van der Waals surface area contributed by atoms with E-state index < -0.39 is 0 Å². The molecule has 3 heteroatoms. The Hall–Kier alpha value is -1.22. The van der Waals surface area contributed by atoms with Crippen molar-refractivity contribution in [2.45, 2.75) is 64.0 Å². The zero-order valence-corrected chi connectivity index (χ0v) is 13.0. The molecule has 1 aromatic rings. The Bertz CT molecular complexity index is 451. The average Bonchev–Trinajstić information content (AvgIpc) is 2.54. The molecule has 0 amide bonds. The van der Waals surface area contributed by atoms with Gasteiger partial charge in [-0.05, 0) is 43.5 Å². The number of ether oxygens (including phenoxy) is 2. The Kier molecular flexibility index (Phi) is 4.39. The number of rotatable bonds is 5. The van der Waals surface area contributed by atoms with Crippen LogP contribution in [0, 0.1) is 5.41 Å². The van der Waals surface area contributed by atoms with Crippen LogP contribution >= 0.6 is 0 Å². The quantitative estimate of drug-likeness (QED) is 0.894. The minimum Gasteiger partial charge on any atom is -0.494 e. The Morgan fingerprint density at radius 1 is 1.10 bits per heavy atom. The molecule has 0 radical (unpaired) electrons. The smallest absolute Gasteiger partial charge is 0.120 e. The van der Waals surface area contributed by atoms with Gasteiger partial charge in [-0.25, -0.2) is 0 Å². The van der Waals surface area contributed by atoms with Gasteiger partial charge in [0, 0.05) is 17.9 Å². The first-order valence-electron chi connectivity index (χ1n) is 8.40. The van der Waals surface area contributed by atoms with Crippen molar-refractivity contribution in [1.29, 1.82) is 0 Å². The molecule has 1 aromatic carbocycles. The Labute approximate surface area is 127 Å². The van der Waals surface area contributed by atoms with Crippen molar-refractivity contribution >= 4 is 0 Å². The van der Waals surface area contributed by atoms with Gasteiger partial charge < -0.3 is 15.2 Å². The van der Waals surface area contributed by atoms with E-state index in [0.29, 0.717) is 12.1 Å². The van der Waals surface area contributed by atoms with Gasteiger partial charge in [-0.15, -0.1) is 0 Å². The highest BCUT2D eigenvalue weighted by Crippen LogP contribution is 2.52. The molecule has 21 heavy (non-hydrogen) atoms. The van der Waals surface area contributed by atoms with Crippen LogP contribution in [-0.2, 0) is 0 Å². The SMILES string of the molecule is CCCOc1ccc(OC2CC(N)C23CCCCC3)cc1. The highest BCUT2D eigenvalue weighted by molar-refractivity contribution is 5.32. The summed E-state index contributed by atoms with van der Waals surface area (Å²) < 4.78 is 11.8. The van der Waals surface area contributed by atoms with Gasteiger partial charge in [-0.2, -0.15) is 0 Å². The van der Waals surface area contributed by atoms with Crippen molar-refractivity contribution in [3.63, 3.8) is 0 Å². The largest absolute Gasteiger partial charge is 0.494 e. The van der Waals surface area contributed by atoms with E-state index in [1.54, 1.807) is 0 Å². The first kappa shape index (κ1) is 14.7. The van der Waals surface area contributed by atoms with E-state index >= 15 is 0 Å². The van der Waals surface area contributed by atoms with Crippen LogP contribution in [0.2, 0.25) is 0 Å². The van der Waals surface area contributed by atoms with Gasteiger partial charge >= 0.3 is 0 Å². The molecule has 0 saturated heterocycles. The van der Waals surface area contributed by atoms with Crippen LogP contribution in [0.5, 0.6) is 11.5 Å². The maximum atomic E-state index is 6.31. The van der Waals surface area contributed by atoms with Crippen molar-refractivity contribution in [2.75, 3.05) is 6.61 Å². The van der Waals surface area contributed by atoms with Gasteiger partial charge in [0.15, 0.2) is 0 Å². The molecule has 0 aromatic heterocycles. The average molecular weight is 289 g/mol. The molecular weight excluding hydrogens is 262 g/mol. The summed E-state index contributed by atoms with van der Waals surface area (Å²) >= 11 is 0. The van der Waals surface area contributed by atoms with Crippen LogP contribution in [0.1, 0.15) is 51.9 Å². The molecule has 3 nitrogen and oxygen atoms in total. The first-order valence-corrected chi connectivity index (χ1v) is 8.40. The molecule has 2 aliphatic rings. The van der Waals surface area contributed by atoms with Crippen molar-refractivity contribution in [1.82, 2.24) is 0 Å². The molecule has 2 saturated carbocycles. The molecule has 0 bridgehead atoms. The summed E-state index contributed by atoms with van der Waals surface area (Å²) in [6, 6.07) is 8.36. The first-order chi connectivity index (χ1) is 10.2. The third kappa shape index (κ3) is 2.89. The maximum Gasteiger partial charge on any atom is 0.120 e. The van der Waals surface area contributed by atoms with Crippen LogP contribution < -0.4 is 15.2 Å². The van der Waals surface area contributed by atoms with Crippen LogP contribution in [0.3, 0.4) is 0 Å². The van der Waals surface area contributed by atoms with Crippen LogP contribution in [0.25, 0.3) is 0 Å². The van der Waals surface area contributed by atoms with Crippen molar-refractivity contribution in [2.24, 2.45) is 11.1 Å². The second kappa shape index (κ2) is 6.27. The van der Waals surface area contributed by atoms with E-state index in [4.69, 9.17) is 15.2 Å². The zero-order valence-electron chi connectivity index (χ0n) is 13.0. The summed E-state index contributed by atoms with van der Waals surface area (Å²) in [5.41, 5.74) is 6.56. The second-order valence-electron chi connectivity index (χ2n) is 6.56. The molecule has 1 spiro atoms. The third-order valence-electron chi connectivity index (χ3n) is 5.21. The fraction of sp³-hybridized carbons (Fsp3) is 0.667. The van der Waals surface area contributed by atoms with Gasteiger partial charge in [0.2, 0.25) is 0 Å². The monoisotopic (exact) mass is 289 g/mol. The van der Waals surface area contributed by atoms with E-state index in [1.165, 1.54) is 32.1 Å². The van der Waals surface area contributed by atoms with E-state index in [-0.39, 0.29) is 5.41 Å². The fourth-order valence-electron chi connectivity index (χ4n) is 3.85. The Morgan fingerprint density at radius 3 is 2.38 bits per heavy atom. The van der Waals surface area contributed by atoms with Crippen LogP contribution in [0.15, 0.2) is 24.3 Å². The van der Waals surface area contributed by atoms with Crippen LogP contribution in [-0.4, -0.2) is 18.8 Å². The molecule has 2 aliphatic carbocycles.